The minimum absolute atomic E-state index is 0.288. The van der Waals surface area contributed by atoms with E-state index < -0.39 is 10.0 Å². The third-order valence-electron chi connectivity index (χ3n) is 4.95. The lowest BCUT2D eigenvalue weighted by atomic mass is 10.3. The summed E-state index contributed by atoms with van der Waals surface area (Å²) in [7, 11) is -3.49. The first-order valence-corrected chi connectivity index (χ1v) is 13.0. The lowest BCUT2D eigenvalue weighted by molar-refractivity contribution is 0.445. The van der Waals surface area contributed by atoms with Crippen molar-refractivity contribution < 1.29 is 8.42 Å². The Bertz CT molecular complexity index is 1080. The predicted molar refractivity (Wildman–Crippen MR) is 117 cm³/mol. The normalized spacial score (nSPS) is 15.1. The van der Waals surface area contributed by atoms with Crippen molar-refractivity contribution >= 4 is 49.3 Å². The molecule has 1 N–H and O–H groups in total. The van der Waals surface area contributed by atoms with Crippen LogP contribution in [0.2, 0.25) is 0 Å². The van der Waals surface area contributed by atoms with Gasteiger partial charge in [-0.25, -0.2) is 13.4 Å². The molecule has 0 saturated carbocycles. The Kier molecular flexibility index (Phi) is 6.09. The van der Waals surface area contributed by atoms with E-state index in [4.69, 9.17) is 0 Å². The van der Waals surface area contributed by atoms with Gasteiger partial charge in [-0.2, -0.15) is 4.31 Å². The van der Waals surface area contributed by atoms with Gasteiger partial charge in [0.1, 0.15) is 5.82 Å². The SMILES string of the molecule is CCN(CC)S(=O)(=O)c1ccc2nc(CSc3nnc(N4CCCC4)s3)[nH]c2c1. The number of thioether (sulfide) groups is 1. The first-order valence-electron chi connectivity index (χ1n) is 9.71. The minimum atomic E-state index is -3.49. The number of imidazole rings is 1. The van der Waals surface area contributed by atoms with Gasteiger partial charge in [0, 0.05) is 26.2 Å². The quantitative estimate of drug-likeness (QED) is 0.524. The molecular weight excluding hydrogens is 428 g/mol. The van der Waals surface area contributed by atoms with E-state index in [1.807, 2.05) is 13.8 Å². The molecule has 0 aliphatic carbocycles. The van der Waals surface area contributed by atoms with Gasteiger partial charge in [0.05, 0.1) is 21.7 Å². The van der Waals surface area contributed by atoms with E-state index in [0.29, 0.717) is 18.8 Å². The molecule has 0 atom stereocenters. The number of benzene rings is 1. The van der Waals surface area contributed by atoms with Crippen LogP contribution in [0.1, 0.15) is 32.5 Å². The molecule has 0 bridgehead atoms. The highest BCUT2D eigenvalue weighted by atomic mass is 32.2. The number of fused-ring (bicyclic) bond motifs is 1. The molecule has 0 spiro atoms. The lowest BCUT2D eigenvalue weighted by Crippen LogP contribution is -2.30. The van der Waals surface area contributed by atoms with Crippen molar-refractivity contribution in [1.29, 1.82) is 0 Å². The highest BCUT2D eigenvalue weighted by Crippen LogP contribution is 2.31. The number of H-pyrrole nitrogens is 1. The molecule has 3 aromatic rings. The molecule has 0 amide bonds. The maximum Gasteiger partial charge on any atom is 0.243 e. The molecule has 1 aromatic carbocycles. The van der Waals surface area contributed by atoms with Gasteiger partial charge in [0.15, 0.2) is 4.34 Å². The van der Waals surface area contributed by atoms with Crippen LogP contribution in [0.4, 0.5) is 5.13 Å². The van der Waals surface area contributed by atoms with Gasteiger partial charge < -0.3 is 9.88 Å². The largest absolute Gasteiger partial charge is 0.347 e. The molecule has 3 heterocycles. The van der Waals surface area contributed by atoms with Crippen molar-refractivity contribution in [3.8, 4) is 0 Å². The second kappa shape index (κ2) is 8.58. The molecule has 1 saturated heterocycles. The number of aromatic amines is 1. The van der Waals surface area contributed by atoms with Crippen LogP contribution in [-0.4, -0.2) is 59.1 Å². The third-order valence-corrected chi connectivity index (χ3v) is 9.12. The highest BCUT2D eigenvalue weighted by Gasteiger charge is 2.22. The van der Waals surface area contributed by atoms with Crippen molar-refractivity contribution in [2.45, 2.75) is 41.7 Å². The highest BCUT2D eigenvalue weighted by molar-refractivity contribution is 8.00. The molecule has 8 nitrogen and oxygen atoms in total. The minimum Gasteiger partial charge on any atom is -0.347 e. The number of hydrogen-bond acceptors (Lipinski definition) is 8. The maximum atomic E-state index is 12.7. The van der Waals surface area contributed by atoms with Crippen molar-refractivity contribution in [3.05, 3.63) is 24.0 Å². The fraction of sp³-hybridized carbons (Fsp3) is 0.500. The van der Waals surface area contributed by atoms with Crippen LogP contribution in [0.15, 0.2) is 27.4 Å². The van der Waals surface area contributed by atoms with Crippen molar-refractivity contribution in [2.75, 3.05) is 31.1 Å². The van der Waals surface area contributed by atoms with Gasteiger partial charge >= 0.3 is 0 Å². The zero-order chi connectivity index (χ0) is 20.4. The summed E-state index contributed by atoms with van der Waals surface area (Å²) >= 11 is 3.20. The number of hydrogen-bond donors (Lipinski definition) is 1. The van der Waals surface area contributed by atoms with Crippen LogP contribution >= 0.6 is 23.1 Å². The third kappa shape index (κ3) is 4.27. The Balaban J connectivity index is 1.48. The van der Waals surface area contributed by atoms with Crippen LogP contribution in [-0.2, 0) is 15.8 Å². The number of anilines is 1. The Morgan fingerprint density at radius 3 is 2.69 bits per heavy atom. The first-order chi connectivity index (χ1) is 14.0. The Hall–Kier alpha value is -1.69. The molecule has 2 aromatic heterocycles. The topological polar surface area (TPSA) is 95.1 Å². The van der Waals surface area contributed by atoms with E-state index in [1.165, 1.54) is 17.1 Å². The van der Waals surface area contributed by atoms with E-state index in [2.05, 4.69) is 25.1 Å². The van der Waals surface area contributed by atoms with Crippen LogP contribution in [0, 0.1) is 0 Å². The second-order valence-electron chi connectivity index (χ2n) is 6.79. The Morgan fingerprint density at radius 1 is 1.21 bits per heavy atom. The number of nitrogens with zero attached hydrogens (tertiary/aromatic N) is 5. The second-order valence-corrected chi connectivity index (χ2v) is 10.9. The van der Waals surface area contributed by atoms with Crippen molar-refractivity contribution in [1.82, 2.24) is 24.5 Å². The zero-order valence-electron chi connectivity index (χ0n) is 16.5. The van der Waals surface area contributed by atoms with E-state index in [0.717, 1.165) is 39.4 Å². The molecule has 156 valence electrons. The van der Waals surface area contributed by atoms with Crippen molar-refractivity contribution in [3.63, 3.8) is 0 Å². The Morgan fingerprint density at radius 2 is 1.97 bits per heavy atom. The molecule has 29 heavy (non-hydrogen) atoms. The van der Waals surface area contributed by atoms with Gasteiger partial charge in [-0.15, -0.1) is 10.2 Å². The van der Waals surface area contributed by atoms with Gasteiger partial charge in [0.2, 0.25) is 15.2 Å². The van der Waals surface area contributed by atoms with Crippen LogP contribution in [0.3, 0.4) is 0 Å². The number of aromatic nitrogens is 4. The molecule has 1 aliphatic rings. The first kappa shape index (κ1) is 20.6. The molecule has 4 rings (SSSR count). The monoisotopic (exact) mass is 452 g/mol. The van der Waals surface area contributed by atoms with Gasteiger partial charge in [-0.1, -0.05) is 36.9 Å². The van der Waals surface area contributed by atoms with E-state index in [9.17, 15) is 8.42 Å². The van der Waals surface area contributed by atoms with Crippen molar-refractivity contribution in [2.24, 2.45) is 0 Å². The lowest BCUT2D eigenvalue weighted by Gasteiger charge is -2.18. The molecule has 1 aliphatic heterocycles. The molecule has 0 radical (unpaired) electrons. The van der Waals surface area contributed by atoms with Gasteiger partial charge in [-0.3, -0.25) is 0 Å². The average molecular weight is 453 g/mol. The fourth-order valence-electron chi connectivity index (χ4n) is 3.41. The van der Waals surface area contributed by atoms with E-state index in [-0.39, 0.29) is 4.90 Å². The summed E-state index contributed by atoms with van der Waals surface area (Å²) in [5.41, 5.74) is 1.48. The average Bonchev–Trinajstić information content (AvgIpc) is 3.46. The molecule has 1 fully saturated rings. The zero-order valence-corrected chi connectivity index (χ0v) is 18.9. The smallest absolute Gasteiger partial charge is 0.243 e. The van der Waals surface area contributed by atoms with Crippen LogP contribution in [0.25, 0.3) is 11.0 Å². The number of rotatable bonds is 8. The van der Waals surface area contributed by atoms with Crippen LogP contribution < -0.4 is 4.90 Å². The van der Waals surface area contributed by atoms with Crippen LogP contribution in [0.5, 0.6) is 0 Å². The standard InChI is InChI=1S/C18H24N6O2S3/c1-3-24(4-2)29(25,26)13-7-8-14-15(11-13)20-16(19-14)12-27-18-22-21-17(28-18)23-9-5-6-10-23/h7-8,11H,3-6,9-10,12H2,1-2H3,(H,19,20). The summed E-state index contributed by atoms with van der Waals surface area (Å²) in [6.07, 6.45) is 2.43. The summed E-state index contributed by atoms with van der Waals surface area (Å²) in [6.45, 7) is 6.69. The summed E-state index contributed by atoms with van der Waals surface area (Å²) < 4.78 is 27.8. The summed E-state index contributed by atoms with van der Waals surface area (Å²) in [5, 5.41) is 9.56. The summed E-state index contributed by atoms with van der Waals surface area (Å²) in [4.78, 5) is 10.4. The summed E-state index contributed by atoms with van der Waals surface area (Å²) in [6, 6.07) is 5.05. The molecular formula is C18H24N6O2S3. The molecule has 11 heteroatoms. The van der Waals surface area contributed by atoms with E-state index in [1.54, 1.807) is 41.3 Å². The van der Waals surface area contributed by atoms with Gasteiger partial charge in [-0.05, 0) is 31.0 Å². The van der Waals surface area contributed by atoms with Gasteiger partial charge in [0.25, 0.3) is 0 Å². The van der Waals surface area contributed by atoms with E-state index >= 15 is 0 Å². The number of sulfonamides is 1. The number of nitrogens with one attached hydrogen (secondary N) is 1. The predicted octanol–water partition coefficient (Wildman–Crippen LogP) is 3.34. The fourth-order valence-corrected chi connectivity index (χ4v) is 6.66. The summed E-state index contributed by atoms with van der Waals surface area (Å²) in [5.74, 6) is 1.42. The molecule has 0 unspecified atom stereocenters. The maximum absolute atomic E-state index is 12.7. The Labute approximate surface area is 178 Å².